The van der Waals surface area contributed by atoms with Crippen molar-refractivity contribution in [1.82, 2.24) is 0 Å². The van der Waals surface area contributed by atoms with Gasteiger partial charge in [-0.3, -0.25) is 0 Å². The van der Waals surface area contributed by atoms with Crippen molar-refractivity contribution in [2.24, 2.45) is 0 Å². The van der Waals surface area contributed by atoms with Crippen molar-refractivity contribution in [2.45, 2.75) is 49.4 Å². The van der Waals surface area contributed by atoms with Crippen LogP contribution in [0.5, 0.6) is 0 Å². The highest BCUT2D eigenvalue weighted by atomic mass is 28.5. The summed E-state index contributed by atoms with van der Waals surface area (Å²) in [5.74, 6) is 0. The van der Waals surface area contributed by atoms with Crippen LogP contribution < -0.4 is 0 Å². The van der Waals surface area contributed by atoms with E-state index in [1.807, 2.05) is 0 Å². The molecule has 0 spiro atoms. The zero-order valence-electron chi connectivity index (χ0n) is 9.81. The molecule has 0 bridgehead atoms. The van der Waals surface area contributed by atoms with Crippen LogP contribution in [0.25, 0.3) is 0 Å². The molecule has 0 aromatic carbocycles. The molecule has 1 fully saturated rings. The Hall–Kier alpha value is -0.0862. The van der Waals surface area contributed by atoms with E-state index >= 15 is 0 Å². The first-order valence-electron chi connectivity index (χ1n) is 5.75. The molecule has 0 radical (unpaired) electrons. The van der Waals surface area contributed by atoms with Crippen LogP contribution in [0.2, 0.25) is 36.5 Å². The fraction of sp³-hybridized carbons (Fsp3) is 0.667. The Balaban J connectivity index is 2.31. The molecule has 0 saturated carbocycles. The molecule has 0 N–H and O–H groups in total. The van der Waals surface area contributed by atoms with E-state index in [-0.39, 0.29) is 0 Å². The molecule has 1 saturated heterocycles. The summed E-state index contributed by atoms with van der Waals surface area (Å²) in [6.07, 6.45) is 6.71. The van der Waals surface area contributed by atoms with Gasteiger partial charge in [0.05, 0.1) is 0 Å². The van der Waals surface area contributed by atoms with Gasteiger partial charge in [0.25, 0.3) is 0 Å². The lowest BCUT2D eigenvalue weighted by atomic mass is 10.5. The van der Waals surface area contributed by atoms with Crippen LogP contribution in [-0.2, 0) is 0 Å². The molecule has 0 nitrogen and oxygen atoms in total. The van der Waals surface area contributed by atoms with Crippen LogP contribution in [0, 0.1) is 0 Å². The van der Waals surface area contributed by atoms with Crippen molar-refractivity contribution in [3.63, 3.8) is 0 Å². The summed E-state index contributed by atoms with van der Waals surface area (Å²) in [6.45, 7) is 12.8. The molecule has 80 valence electrons. The van der Waals surface area contributed by atoms with E-state index in [9.17, 15) is 0 Å². The van der Waals surface area contributed by atoms with E-state index in [4.69, 9.17) is 0 Å². The highest BCUT2D eigenvalue weighted by Gasteiger charge is 2.49. The number of hydrogen-bond donors (Lipinski definition) is 0. The molecule has 0 unspecified atom stereocenters. The van der Waals surface area contributed by atoms with Gasteiger partial charge in [0.1, 0.15) is 0 Å². The zero-order valence-corrected chi connectivity index (χ0v) is 11.8. The van der Waals surface area contributed by atoms with Crippen LogP contribution >= 0.6 is 0 Å². The summed E-state index contributed by atoms with van der Waals surface area (Å²) in [6, 6.07) is 2.99. The van der Waals surface area contributed by atoms with Gasteiger partial charge in [0.15, 0.2) is 0 Å². The van der Waals surface area contributed by atoms with Gasteiger partial charge in [-0.15, -0.1) is 13.2 Å². The van der Waals surface area contributed by atoms with Gasteiger partial charge in [0.2, 0.25) is 0 Å². The Kier molecular flexibility index (Phi) is 3.96. The minimum absolute atomic E-state index is 0.747. The Morgan fingerprint density at radius 1 is 0.929 bits per heavy atom. The molecule has 1 aliphatic rings. The lowest BCUT2D eigenvalue weighted by Gasteiger charge is -2.51. The van der Waals surface area contributed by atoms with Gasteiger partial charge in [-0.25, -0.2) is 0 Å². The van der Waals surface area contributed by atoms with E-state index < -0.39 is 16.1 Å². The van der Waals surface area contributed by atoms with Gasteiger partial charge in [-0.1, -0.05) is 48.7 Å². The highest BCUT2D eigenvalue weighted by Crippen LogP contribution is 2.46. The van der Waals surface area contributed by atoms with Crippen molar-refractivity contribution in [1.29, 1.82) is 0 Å². The zero-order chi connectivity index (χ0) is 10.7. The van der Waals surface area contributed by atoms with Crippen molar-refractivity contribution < 1.29 is 0 Å². The molecule has 0 aromatic rings. The van der Waals surface area contributed by atoms with Crippen LogP contribution in [0.4, 0.5) is 0 Å². The minimum atomic E-state index is -0.747. The molecule has 1 heterocycles. The number of rotatable bonds is 6. The van der Waals surface area contributed by atoms with Crippen LogP contribution in [0.1, 0.15) is 12.8 Å². The van der Waals surface area contributed by atoms with Crippen LogP contribution in [-0.4, -0.2) is 16.1 Å². The first-order chi connectivity index (χ1) is 6.54. The van der Waals surface area contributed by atoms with E-state index in [0.29, 0.717) is 0 Å². The van der Waals surface area contributed by atoms with Crippen molar-refractivity contribution in [3.8, 4) is 0 Å². The fourth-order valence-corrected chi connectivity index (χ4v) is 24.0. The average molecular weight is 224 g/mol. The van der Waals surface area contributed by atoms with Gasteiger partial charge >= 0.3 is 0 Å². The van der Waals surface area contributed by atoms with E-state index in [1.54, 1.807) is 11.3 Å². The Morgan fingerprint density at radius 3 is 1.57 bits per heavy atom. The van der Waals surface area contributed by atoms with Crippen molar-refractivity contribution >= 4 is 16.1 Å². The van der Waals surface area contributed by atoms with Crippen LogP contribution in [0.3, 0.4) is 0 Å². The summed E-state index contributed by atoms with van der Waals surface area (Å²) in [5, 5.41) is 0. The minimum Gasteiger partial charge on any atom is -0.103 e. The maximum absolute atomic E-state index is 3.83. The largest absolute Gasteiger partial charge is 0.103 e. The summed E-state index contributed by atoms with van der Waals surface area (Å²) in [5.41, 5.74) is 3.34. The van der Waals surface area contributed by atoms with Crippen molar-refractivity contribution in [3.05, 3.63) is 25.3 Å². The second-order valence-electron chi connectivity index (χ2n) is 5.63. The molecule has 0 aliphatic carbocycles. The fourth-order valence-electron chi connectivity index (χ4n) is 3.26. The highest BCUT2D eigenvalue weighted by molar-refractivity contribution is 7.12. The maximum atomic E-state index is 3.83. The summed E-state index contributed by atoms with van der Waals surface area (Å²) >= 11 is 0. The van der Waals surface area contributed by atoms with E-state index in [0.717, 1.165) is 0 Å². The Bertz CT molecular complexity index is 192. The lowest BCUT2D eigenvalue weighted by Crippen LogP contribution is -2.59. The predicted molar refractivity (Wildman–Crippen MR) is 72.1 cm³/mol. The standard InChI is InChI=1S/C12H24Si2/c1-5-7-9-13(3)11-14(4,12-13)10-8-6-2/h5-6H,1-2,7-12H2,3-4H3. The maximum Gasteiger partial charge on any atom is 0.0455 e. The van der Waals surface area contributed by atoms with Gasteiger partial charge in [-0.2, -0.15) is 0 Å². The smallest absolute Gasteiger partial charge is 0.0455 e. The molecule has 0 atom stereocenters. The normalized spacial score (nSPS) is 36.1. The van der Waals surface area contributed by atoms with Gasteiger partial charge in [-0.05, 0) is 12.8 Å². The number of allylic oxidation sites excluding steroid dienone is 2. The van der Waals surface area contributed by atoms with Crippen molar-refractivity contribution in [2.75, 3.05) is 0 Å². The quantitative estimate of drug-likeness (QED) is 0.464. The third-order valence-electron chi connectivity index (χ3n) is 3.61. The summed E-state index contributed by atoms with van der Waals surface area (Å²) in [7, 11) is -1.49. The monoisotopic (exact) mass is 224 g/mol. The van der Waals surface area contributed by atoms with Crippen LogP contribution in [0.15, 0.2) is 25.3 Å². The third-order valence-corrected chi connectivity index (χ3v) is 20.3. The molecule has 0 amide bonds. The second-order valence-corrected chi connectivity index (χ2v) is 16.7. The molecule has 1 rings (SSSR count). The molecular weight excluding hydrogens is 200 g/mol. The molecular formula is C12H24Si2. The summed E-state index contributed by atoms with van der Waals surface area (Å²) < 4.78 is 0. The SMILES string of the molecule is C=CCC[Si]1(C)C[Si](C)(CCC=C)C1. The van der Waals surface area contributed by atoms with Gasteiger partial charge in [0, 0.05) is 16.1 Å². The van der Waals surface area contributed by atoms with Gasteiger partial charge < -0.3 is 0 Å². The average Bonchev–Trinajstić information content (AvgIpc) is 2.09. The topological polar surface area (TPSA) is 0 Å². The molecule has 14 heavy (non-hydrogen) atoms. The predicted octanol–water partition coefficient (Wildman–Crippen LogP) is 4.39. The lowest BCUT2D eigenvalue weighted by molar-refractivity contribution is 1.07. The third kappa shape index (κ3) is 2.96. The second kappa shape index (κ2) is 4.62. The van der Waals surface area contributed by atoms with E-state index in [1.165, 1.54) is 24.9 Å². The molecule has 0 aromatic heterocycles. The Labute approximate surface area is 91.1 Å². The molecule has 1 aliphatic heterocycles. The first kappa shape index (κ1) is 12.0. The molecule has 2 heteroatoms. The summed E-state index contributed by atoms with van der Waals surface area (Å²) in [4.78, 5) is 0. The Morgan fingerprint density at radius 2 is 1.29 bits per heavy atom. The first-order valence-corrected chi connectivity index (χ1v) is 12.0. The number of hydrogen-bond acceptors (Lipinski definition) is 0. The van der Waals surface area contributed by atoms with E-state index in [2.05, 4.69) is 38.4 Å².